The van der Waals surface area contributed by atoms with Crippen LogP contribution in [0.4, 0.5) is 5.82 Å². The fraction of sp³-hybridized carbons (Fsp3) is 0.409. The summed E-state index contributed by atoms with van der Waals surface area (Å²) in [7, 11) is 0. The first kappa shape index (κ1) is 20.0. The molecule has 30 heavy (non-hydrogen) atoms. The summed E-state index contributed by atoms with van der Waals surface area (Å²) < 4.78 is 16.1. The maximum absolute atomic E-state index is 12.9. The molecule has 1 fully saturated rings. The van der Waals surface area contributed by atoms with Gasteiger partial charge in [0.05, 0.1) is 12.2 Å². The van der Waals surface area contributed by atoms with Crippen LogP contribution in [0.3, 0.4) is 0 Å². The number of hydrogen-bond donors (Lipinski definition) is 1. The van der Waals surface area contributed by atoms with Gasteiger partial charge in [0.25, 0.3) is 0 Å². The summed E-state index contributed by atoms with van der Waals surface area (Å²) in [5.74, 6) is 0.837. The Hall–Kier alpha value is -1.93. The molecule has 6 nitrogen and oxygen atoms in total. The van der Waals surface area contributed by atoms with Crippen molar-refractivity contribution in [3.05, 3.63) is 58.9 Å². The van der Waals surface area contributed by atoms with Crippen molar-refractivity contribution in [3.63, 3.8) is 0 Å². The van der Waals surface area contributed by atoms with Gasteiger partial charge in [0.15, 0.2) is 5.65 Å². The molecule has 1 aliphatic carbocycles. The summed E-state index contributed by atoms with van der Waals surface area (Å²) in [4.78, 5) is 15.6. The molecular weight excluding hydrogens is 418 g/mol. The van der Waals surface area contributed by atoms with Crippen LogP contribution >= 0.6 is 11.6 Å². The number of rotatable bonds is 3. The van der Waals surface area contributed by atoms with E-state index in [-0.39, 0.29) is 16.2 Å². The zero-order valence-electron chi connectivity index (χ0n) is 17.2. The SMILES string of the molecule is CC(C)(C)[S+]([O-])N[C@@H]1c2ccccc2CC12CN(c1cnc3nc(Cl)ccc3n1)C2. The molecular formula is C22H24ClN5OS. The average Bonchev–Trinajstić information content (AvgIpc) is 3.00. The van der Waals surface area contributed by atoms with Crippen molar-refractivity contribution in [1.29, 1.82) is 0 Å². The van der Waals surface area contributed by atoms with Gasteiger partial charge in [-0.3, -0.25) is 0 Å². The van der Waals surface area contributed by atoms with E-state index < -0.39 is 11.4 Å². The van der Waals surface area contributed by atoms with E-state index in [1.807, 2.05) is 26.8 Å². The first-order valence-electron chi connectivity index (χ1n) is 10.1. The Kier molecular flexibility index (Phi) is 4.70. The maximum Gasteiger partial charge on any atom is 0.179 e. The van der Waals surface area contributed by atoms with Crippen molar-refractivity contribution >= 4 is 39.9 Å². The van der Waals surface area contributed by atoms with Crippen LogP contribution in [0.2, 0.25) is 5.15 Å². The summed E-state index contributed by atoms with van der Waals surface area (Å²) in [5.41, 5.74) is 3.88. The quantitative estimate of drug-likeness (QED) is 0.491. The summed E-state index contributed by atoms with van der Waals surface area (Å²) in [6.07, 6.45) is 2.73. The molecule has 0 saturated carbocycles. The molecule has 5 rings (SSSR count). The number of anilines is 1. The molecule has 8 heteroatoms. The number of nitrogens with zero attached hydrogens (tertiary/aromatic N) is 4. The highest BCUT2D eigenvalue weighted by molar-refractivity contribution is 7.90. The van der Waals surface area contributed by atoms with E-state index in [1.165, 1.54) is 11.1 Å². The maximum atomic E-state index is 12.9. The molecule has 1 unspecified atom stereocenters. The van der Waals surface area contributed by atoms with Crippen molar-refractivity contribution < 1.29 is 4.55 Å². The first-order valence-corrected chi connectivity index (χ1v) is 11.6. The molecule has 2 aliphatic rings. The normalized spacial score (nSPS) is 21.0. The van der Waals surface area contributed by atoms with Gasteiger partial charge in [-0.05, 0) is 50.5 Å². The average molecular weight is 442 g/mol. The largest absolute Gasteiger partial charge is 0.598 e. The van der Waals surface area contributed by atoms with Crippen molar-refractivity contribution in [2.45, 2.75) is 38.0 Å². The highest BCUT2D eigenvalue weighted by atomic mass is 35.5. The number of pyridine rings is 1. The van der Waals surface area contributed by atoms with Crippen molar-refractivity contribution in [2.75, 3.05) is 18.0 Å². The molecule has 1 spiro atoms. The molecule has 156 valence electrons. The molecule has 1 aliphatic heterocycles. The monoisotopic (exact) mass is 441 g/mol. The first-order chi connectivity index (χ1) is 14.2. The Morgan fingerprint density at radius 1 is 1.17 bits per heavy atom. The highest BCUT2D eigenvalue weighted by Gasteiger charge is 2.56. The smallest absolute Gasteiger partial charge is 0.179 e. The van der Waals surface area contributed by atoms with Crippen LogP contribution in [0.1, 0.15) is 37.9 Å². The number of fused-ring (bicyclic) bond motifs is 2. The fourth-order valence-corrected chi connectivity index (χ4v) is 5.54. The minimum absolute atomic E-state index is 0.000516. The van der Waals surface area contributed by atoms with E-state index in [4.69, 9.17) is 16.6 Å². The van der Waals surface area contributed by atoms with Crippen LogP contribution in [0, 0.1) is 5.41 Å². The van der Waals surface area contributed by atoms with E-state index in [9.17, 15) is 4.55 Å². The van der Waals surface area contributed by atoms with E-state index in [0.717, 1.165) is 30.8 Å². The van der Waals surface area contributed by atoms with Gasteiger partial charge in [-0.25, -0.2) is 15.0 Å². The highest BCUT2D eigenvalue weighted by Crippen LogP contribution is 2.52. The van der Waals surface area contributed by atoms with Crippen LogP contribution in [-0.4, -0.2) is 37.3 Å². The van der Waals surface area contributed by atoms with E-state index in [0.29, 0.717) is 10.8 Å². The summed E-state index contributed by atoms with van der Waals surface area (Å²) in [6, 6.07) is 12.1. The van der Waals surface area contributed by atoms with Gasteiger partial charge < -0.3 is 9.45 Å². The van der Waals surface area contributed by atoms with Gasteiger partial charge in [-0.15, -0.1) is 4.72 Å². The molecule has 3 heterocycles. The minimum atomic E-state index is -1.14. The lowest BCUT2D eigenvalue weighted by Crippen LogP contribution is -2.62. The van der Waals surface area contributed by atoms with Gasteiger partial charge in [0.2, 0.25) is 0 Å². The topological polar surface area (TPSA) is 77.0 Å². The molecule has 2 atom stereocenters. The summed E-state index contributed by atoms with van der Waals surface area (Å²) >= 11 is 4.81. The Labute approximate surface area is 184 Å². The Balaban J connectivity index is 1.41. The number of halogens is 1. The molecule has 2 aromatic heterocycles. The Morgan fingerprint density at radius 2 is 1.93 bits per heavy atom. The number of aromatic nitrogens is 3. The van der Waals surface area contributed by atoms with Gasteiger partial charge in [-0.2, -0.15) is 0 Å². The third-order valence-corrected chi connectivity index (χ3v) is 7.77. The second-order valence-electron chi connectivity index (χ2n) is 9.23. The molecule has 1 aromatic carbocycles. The van der Waals surface area contributed by atoms with Crippen LogP contribution in [0.5, 0.6) is 0 Å². The standard InChI is InChI=1S/C22H24ClN5OS/c1-21(2,3)30(29)27-19-15-7-5-4-6-14(15)10-22(19)12-28(13-22)18-11-24-20-16(25-18)8-9-17(23)26-20/h4-9,11,19,27H,10,12-13H2,1-3H3/t19-,30?/m1/s1. The second-order valence-corrected chi connectivity index (χ2v) is 11.6. The molecule has 0 amide bonds. The van der Waals surface area contributed by atoms with Gasteiger partial charge in [-0.1, -0.05) is 35.9 Å². The number of nitrogens with one attached hydrogen (secondary N) is 1. The van der Waals surface area contributed by atoms with Gasteiger partial charge in [0, 0.05) is 29.9 Å². The summed E-state index contributed by atoms with van der Waals surface area (Å²) in [6.45, 7) is 7.68. The van der Waals surface area contributed by atoms with E-state index in [1.54, 1.807) is 12.3 Å². The van der Waals surface area contributed by atoms with Crippen LogP contribution in [0.15, 0.2) is 42.6 Å². The lowest BCUT2D eigenvalue weighted by Gasteiger charge is -2.52. The molecule has 1 N–H and O–H groups in total. The molecule has 0 bridgehead atoms. The predicted molar refractivity (Wildman–Crippen MR) is 121 cm³/mol. The predicted octanol–water partition coefficient (Wildman–Crippen LogP) is 3.83. The minimum Gasteiger partial charge on any atom is -0.598 e. The third kappa shape index (κ3) is 3.34. The zero-order chi connectivity index (χ0) is 21.1. The van der Waals surface area contributed by atoms with Crippen molar-refractivity contribution in [3.8, 4) is 0 Å². The molecule has 3 aromatic rings. The van der Waals surface area contributed by atoms with Crippen molar-refractivity contribution in [1.82, 2.24) is 19.7 Å². The number of hydrogen-bond acceptors (Lipinski definition) is 6. The lowest BCUT2D eigenvalue weighted by atomic mass is 9.74. The Morgan fingerprint density at radius 3 is 2.70 bits per heavy atom. The fourth-order valence-electron chi connectivity index (χ4n) is 4.45. The van der Waals surface area contributed by atoms with Crippen molar-refractivity contribution in [2.24, 2.45) is 5.41 Å². The van der Waals surface area contributed by atoms with E-state index >= 15 is 0 Å². The van der Waals surface area contributed by atoms with Crippen LogP contribution < -0.4 is 9.62 Å². The lowest BCUT2D eigenvalue weighted by molar-refractivity contribution is 0.170. The van der Waals surface area contributed by atoms with Gasteiger partial charge in [0.1, 0.15) is 21.2 Å². The second kappa shape index (κ2) is 7.05. The number of benzene rings is 1. The van der Waals surface area contributed by atoms with Gasteiger partial charge >= 0.3 is 0 Å². The third-order valence-electron chi connectivity index (χ3n) is 6.00. The Bertz CT molecular complexity index is 1110. The van der Waals surface area contributed by atoms with Crippen LogP contribution in [0.25, 0.3) is 11.2 Å². The zero-order valence-corrected chi connectivity index (χ0v) is 18.8. The molecule has 0 radical (unpaired) electrons. The summed E-state index contributed by atoms with van der Waals surface area (Å²) in [5, 5.41) is 0.414. The molecule has 1 saturated heterocycles. The van der Waals surface area contributed by atoms with Crippen LogP contribution in [-0.2, 0) is 17.8 Å². The van der Waals surface area contributed by atoms with E-state index in [2.05, 4.69) is 43.9 Å².